The van der Waals surface area contributed by atoms with E-state index in [0.717, 1.165) is 12.1 Å². The average molecular weight is 290 g/mol. The van der Waals surface area contributed by atoms with Crippen molar-refractivity contribution in [2.24, 2.45) is 0 Å². The minimum Gasteiger partial charge on any atom is -0.330 e. The van der Waals surface area contributed by atoms with Crippen LogP contribution in [0.3, 0.4) is 0 Å². The smallest absolute Gasteiger partial charge is 0.283 e. The van der Waals surface area contributed by atoms with Crippen LogP contribution in [0, 0.1) is 0 Å². The molecule has 1 aromatic rings. The summed E-state index contributed by atoms with van der Waals surface area (Å²) >= 11 is 1.80. The van der Waals surface area contributed by atoms with Crippen molar-refractivity contribution in [1.82, 2.24) is 9.88 Å². The Morgan fingerprint density at radius 3 is 2.62 bits per heavy atom. The normalized spacial score (nSPS) is 9.69. The van der Waals surface area contributed by atoms with Crippen LogP contribution in [0.5, 0.6) is 0 Å². The molecule has 1 amide bonds. The zero-order valence-electron chi connectivity index (χ0n) is 7.40. The highest BCUT2D eigenvalue weighted by molar-refractivity contribution is 14.1. The molecule has 0 bridgehead atoms. The number of carbonyl (C=O) groups is 1. The van der Waals surface area contributed by atoms with Gasteiger partial charge < -0.3 is 4.90 Å². The summed E-state index contributed by atoms with van der Waals surface area (Å²) in [5.41, 5.74) is 1.11. The van der Waals surface area contributed by atoms with Gasteiger partial charge in [-0.15, -0.1) is 0 Å². The molecule has 0 aromatic carbocycles. The molecular weight excluding hydrogens is 279 g/mol. The quantitative estimate of drug-likeness (QED) is 0.487. The summed E-state index contributed by atoms with van der Waals surface area (Å²) in [4.78, 5) is 16.8. The standard InChI is InChI=1S/C9H11IN2O/c1-2-12(9(10)13)7-8-3-5-11-6-4-8/h3-6H,2,7H2,1H3. The van der Waals surface area contributed by atoms with Gasteiger partial charge in [0.2, 0.25) is 0 Å². The van der Waals surface area contributed by atoms with E-state index in [4.69, 9.17) is 0 Å². The second kappa shape index (κ2) is 5.16. The Balaban J connectivity index is 2.62. The molecule has 0 fully saturated rings. The molecule has 0 N–H and O–H groups in total. The van der Waals surface area contributed by atoms with E-state index in [0.29, 0.717) is 6.54 Å². The van der Waals surface area contributed by atoms with Crippen molar-refractivity contribution in [3.63, 3.8) is 0 Å². The summed E-state index contributed by atoms with van der Waals surface area (Å²) in [6.07, 6.45) is 3.47. The van der Waals surface area contributed by atoms with Gasteiger partial charge >= 0.3 is 0 Å². The summed E-state index contributed by atoms with van der Waals surface area (Å²) < 4.78 is 0.0805. The van der Waals surface area contributed by atoms with Crippen LogP contribution in [-0.2, 0) is 6.54 Å². The molecule has 70 valence electrons. The zero-order valence-corrected chi connectivity index (χ0v) is 9.56. The largest absolute Gasteiger partial charge is 0.330 e. The van der Waals surface area contributed by atoms with Crippen molar-refractivity contribution >= 4 is 26.5 Å². The van der Waals surface area contributed by atoms with Gasteiger partial charge in [-0.2, -0.15) is 0 Å². The lowest BCUT2D eigenvalue weighted by molar-refractivity contribution is 0.226. The predicted molar refractivity (Wildman–Crippen MR) is 59.7 cm³/mol. The first-order chi connectivity index (χ1) is 6.24. The molecule has 0 aliphatic heterocycles. The number of hydrogen-bond acceptors (Lipinski definition) is 2. The molecule has 4 heteroatoms. The van der Waals surface area contributed by atoms with E-state index >= 15 is 0 Å². The first kappa shape index (κ1) is 10.4. The van der Waals surface area contributed by atoms with Crippen molar-refractivity contribution in [2.75, 3.05) is 6.54 Å². The Morgan fingerprint density at radius 2 is 2.15 bits per heavy atom. The molecule has 0 unspecified atom stereocenters. The summed E-state index contributed by atoms with van der Waals surface area (Å²) in [5.74, 6) is 0. The van der Waals surface area contributed by atoms with E-state index in [1.165, 1.54) is 0 Å². The number of nitrogens with zero attached hydrogens (tertiary/aromatic N) is 2. The molecule has 0 aliphatic rings. The van der Waals surface area contributed by atoms with Crippen molar-refractivity contribution in [3.05, 3.63) is 30.1 Å². The van der Waals surface area contributed by atoms with Gasteiger partial charge in [-0.25, -0.2) is 0 Å². The molecule has 3 nitrogen and oxygen atoms in total. The molecule has 0 spiro atoms. The van der Waals surface area contributed by atoms with Crippen molar-refractivity contribution in [2.45, 2.75) is 13.5 Å². The summed E-state index contributed by atoms with van der Waals surface area (Å²) in [5, 5.41) is 0. The van der Waals surface area contributed by atoms with Crippen LogP contribution in [0.25, 0.3) is 0 Å². The Hall–Kier alpha value is -0.650. The molecule has 0 radical (unpaired) electrons. The van der Waals surface area contributed by atoms with E-state index < -0.39 is 0 Å². The molecular formula is C9H11IN2O. The Kier molecular flexibility index (Phi) is 4.14. The van der Waals surface area contributed by atoms with Gasteiger partial charge in [0.25, 0.3) is 3.91 Å². The van der Waals surface area contributed by atoms with Crippen molar-refractivity contribution < 1.29 is 4.79 Å². The van der Waals surface area contributed by atoms with Gasteiger partial charge in [0.05, 0.1) is 0 Å². The number of aromatic nitrogens is 1. The minimum absolute atomic E-state index is 0.0805. The van der Waals surface area contributed by atoms with Crippen LogP contribution >= 0.6 is 22.6 Å². The second-order valence-electron chi connectivity index (χ2n) is 2.62. The number of rotatable bonds is 3. The van der Waals surface area contributed by atoms with Gasteiger partial charge in [0.1, 0.15) is 0 Å². The van der Waals surface area contributed by atoms with E-state index in [2.05, 4.69) is 4.98 Å². The lowest BCUT2D eigenvalue weighted by Crippen LogP contribution is -2.24. The lowest BCUT2D eigenvalue weighted by Gasteiger charge is -2.17. The van der Waals surface area contributed by atoms with Crippen LogP contribution in [-0.4, -0.2) is 20.3 Å². The van der Waals surface area contributed by atoms with Gasteiger partial charge in [-0.05, 0) is 24.6 Å². The SMILES string of the molecule is CCN(Cc1ccncc1)C(=O)I. The molecule has 0 atom stereocenters. The fourth-order valence-corrected chi connectivity index (χ4v) is 1.52. The van der Waals surface area contributed by atoms with Crippen molar-refractivity contribution in [3.8, 4) is 0 Å². The third-order valence-electron chi connectivity index (χ3n) is 1.75. The molecule has 0 saturated carbocycles. The highest BCUT2D eigenvalue weighted by Crippen LogP contribution is 2.06. The van der Waals surface area contributed by atoms with Crippen molar-refractivity contribution in [1.29, 1.82) is 0 Å². The maximum absolute atomic E-state index is 11.1. The lowest BCUT2D eigenvalue weighted by atomic mass is 10.2. The van der Waals surface area contributed by atoms with Gasteiger partial charge in [0, 0.05) is 48.1 Å². The van der Waals surface area contributed by atoms with E-state index in [1.54, 1.807) is 39.9 Å². The number of hydrogen-bond donors (Lipinski definition) is 0. The topological polar surface area (TPSA) is 33.2 Å². The molecule has 1 rings (SSSR count). The number of halogens is 1. The van der Waals surface area contributed by atoms with E-state index in [9.17, 15) is 4.79 Å². The third kappa shape index (κ3) is 3.30. The number of pyridine rings is 1. The van der Waals surface area contributed by atoms with E-state index in [-0.39, 0.29) is 3.91 Å². The third-order valence-corrected chi connectivity index (χ3v) is 2.44. The monoisotopic (exact) mass is 290 g/mol. The molecule has 1 aromatic heterocycles. The minimum atomic E-state index is 0.0805. The van der Waals surface area contributed by atoms with Crippen LogP contribution in [0.15, 0.2) is 24.5 Å². The highest BCUT2D eigenvalue weighted by Gasteiger charge is 2.07. The van der Waals surface area contributed by atoms with Crippen LogP contribution in [0.1, 0.15) is 12.5 Å². The zero-order chi connectivity index (χ0) is 9.68. The molecule has 13 heavy (non-hydrogen) atoms. The second-order valence-corrected chi connectivity index (χ2v) is 3.55. The Bertz CT molecular complexity index is 276. The fourth-order valence-electron chi connectivity index (χ4n) is 1.01. The maximum atomic E-state index is 11.1. The average Bonchev–Trinajstić information content (AvgIpc) is 2.15. The summed E-state index contributed by atoms with van der Waals surface area (Å²) in [6, 6.07) is 3.84. The van der Waals surface area contributed by atoms with Crippen LogP contribution < -0.4 is 0 Å². The van der Waals surface area contributed by atoms with Crippen LogP contribution in [0.4, 0.5) is 4.79 Å². The molecule has 0 saturated heterocycles. The first-order valence-corrected chi connectivity index (χ1v) is 5.15. The van der Waals surface area contributed by atoms with Crippen LogP contribution in [0.2, 0.25) is 0 Å². The first-order valence-electron chi connectivity index (χ1n) is 4.07. The highest BCUT2D eigenvalue weighted by atomic mass is 127. The van der Waals surface area contributed by atoms with E-state index in [1.807, 2.05) is 19.1 Å². The molecule has 0 aliphatic carbocycles. The summed E-state index contributed by atoms with van der Waals surface area (Å²) in [7, 11) is 0. The number of amides is 1. The fraction of sp³-hybridized carbons (Fsp3) is 0.333. The Morgan fingerprint density at radius 1 is 1.54 bits per heavy atom. The number of carbonyl (C=O) groups excluding carboxylic acids is 1. The maximum Gasteiger partial charge on any atom is 0.283 e. The molecule has 1 heterocycles. The van der Waals surface area contributed by atoms with Gasteiger partial charge in [0.15, 0.2) is 0 Å². The van der Waals surface area contributed by atoms with Gasteiger partial charge in [-0.1, -0.05) is 0 Å². The predicted octanol–water partition coefficient (Wildman–Crippen LogP) is 2.46. The summed E-state index contributed by atoms with van der Waals surface area (Å²) in [6.45, 7) is 3.38. The Labute approximate surface area is 91.3 Å². The van der Waals surface area contributed by atoms with Gasteiger partial charge in [-0.3, -0.25) is 9.78 Å².